The van der Waals surface area contributed by atoms with Crippen LogP contribution in [0.4, 0.5) is 4.39 Å². The molecule has 0 nitrogen and oxygen atoms in total. The Morgan fingerprint density at radius 2 is 1.94 bits per heavy atom. The molecule has 0 N–H and O–H groups in total. The molecule has 0 rings (SSSR count). The van der Waals surface area contributed by atoms with Gasteiger partial charge in [-0.15, -0.1) is 11.8 Å². The SMILES string of the molecule is CC#CC[C@@H](C)C[C@@H](C)C/C=C(F)\C(C)=C/C. The Morgan fingerprint density at radius 3 is 2.47 bits per heavy atom. The summed E-state index contributed by atoms with van der Waals surface area (Å²) in [7, 11) is 0. The molecule has 0 amide bonds. The lowest BCUT2D eigenvalue weighted by Gasteiger charge is -2.13. The fraction of sp³-hybridized carbons (Fsp3) is 0.625. The van der Waals surface area contributed by atoms with Gasteiger partial charge in [0.25, 0.3) is 0 Å². The van der Waals surface area contributed by atoms with Crippen LogP contribution in [0.25, 0.3) is 0 Å². The van der Waals surface area contributed by atoms with E-state index >= 15 is 0 Å². The van der Waals surface area contributed by atoms with Crippen molar-refractivity contribution in [1.29, 1.82) is 0 Å². The van der Waals surface area contributed by atoms with Crippen LogP contribution in [0, 0.1) is 23.7 Å². The molecule has 0 aromatic heterocycles. The van der Waals surface area contributed by atoms with Gasteiger partial charge >= 0.3 is 0 Å². The summed E-state index contributed by atoms with van der Waals surface area (Å²) in [6.07, 6.45) is 6.36. The molecular weight excluding hydrogens is 211 g/mol. The van der Waals surface area contributed by atoms with Crippen LogP contribution in [0.15, 0.2) is 23.6 Å². The Kier molecular flexibility index (Phi) is 8.50. The molecule has 96 valence electrons. The van der Waals surface area contributed by atoms with E-state index in [4.69, 9.17) is 0 Å². The van der Waals surface area contributed by atoms with Crippen molar-refractivity contribution in [3.63, 3.8) is 0 Å². The molecule has 0 heterocycles. The average Bonchev–Trinajstić information content (AvgIpc) is 2.32. The molecule has 0 spiro atoms. The topological polar surface area (TPSA) is 0 Å². The van der Waals surface area contributed by atoms with Gasteiger partial charge in [-0.1, -0.05) is 19.9 Å². The number of hydrogen-bond donors (Lipinski definition) is 0. The van der Waals surface area contributed by atoms with Crippen LogP contribution in [0.1, 0.15) is 53.9 Å². The molecule has 0 aromatic carbocycles. The maximum atomic E-state index is 13.5. The van der Waals surface area contributed by atoms with Gasteiger partial charge in [-0.3, -0.25) is 0 Å². The summed E-state index contributed by atoms with van der Waals surface area (Å²) in [6.45, 7) is 9.91. The lowest BCUT2D eigenvalue weighted by Crippen LogP contribution is -2.02. The summed E-state index contributed by atoms with van der Waals surface area (Å²) in [6, 6.07) is 0. The summed E-state index contributed by atoms with van der Waals surface area (Å²) in [5.41, 5.74) is 0.724. The highest BCUT2D eigenvalue weighted by Gasteiger charge is 2.07. The van der Waals surface area contributed by atoms with Crippen LogP contribution < -0.4 is 0 Å². The lowest BCUT2D eigenvalue weighted by atomic mass is 9.92. The number of hydrogen-bond acceptors (Lipinski definition) is 0. The summed E-state index contributed by atoms with van der Waals surface area (Å²) in [4.78, 5) is 0. The molecule has 0 saturated carbocycles. The van der Waals surface area contributed by atoms with Crippen molar-refractivity contribution >= 4 is 0 Å². The largest absolute Gasteiger partial charge is 0.207 e. The standard InChI is InChI=1S/C16H25F/c1-6-8-9-13(3)12-14(4)10-11-16(17)15(5)7-2/h7,11,13-14H,9-10,12H2,1-5H3/b15-7-,16-11+/t13-,14+/m1/s1. The second-order valence-corrected chi connectivity index (χ2v) is 4.84. The van der Waals surface area contributed by atoms with Gasteiger partial charge in [0.2, 0.25) is 0 Å². The van der Waals surface area contributed by atoms with Gasteiger partial charge in [-0.2, -0.15) is 0 Å². The van der Waals surface area contributed by atoms with Crippen LogP contribution in [0.3, 0.4) is 0 Å². The Hall–Kier alpha value is -1.03. The molecule has 2 atom stereocenters. The normalized spacial score (nSPS) is 16.1. The first kappa shape index (κ1) is 16.0. The second-order valence-electron chi connectivity index (χ2n) is 4.84. The molecule has 0 radical (unpaired) electrons. The van der Waals surface area contributed by atoms with Gasteiger partial charge in [0.15, 0.2) is 0 Å². The van der Waals surface area contributed by atoms with Crippen molar-refractivity contribution in [3.8, 4) is 11.8 Å². The maximum absolute atomic E-state index is 13.5. The van der Waals surface area contributed by atoms with E-state index in [-0.39, 0.29) is 5.83 Å². The van der Waals surface area contributed by atoms with E-state index in [0.29, 0.717) is 11.8 Å². The van der Waals surface area contributed by atoms with Crippen molar-refractivity contribution in [3.05, 3.63) is 23.6 Å². The van der Waals surface area contributed by atoms with Crippen LogP contribution in [0.5, 0.6) is 0 Å². The predicted octanol–water partition coefficient (Wildman–Crippen LogP) is 5.27. The molecule has 0 aliphatic carbocycles. The molecule has 0 aliphatic rings. The van der Waals surface area contributed by atoms with E-state index in [1.807, 2.05) is 13.8 Å². The van der Waals surface area contributed by atoms with E-state index in [1.165, 1.54) is 0 Å². The van der Waals surface area contributed by atoms with Crippen LogP contribution >= 0.6 is 0 Å². The third-order valence-electron chi connectivity index (χ3n) is 2.94. The van der Waals surface area contributed by atoms with Crippen molar-refractivity contribution < 1.29 is 4.39 Å². The first-order valence-electron chi connectivity index (χ1n) is 6.39. The molecule has 1 heteroatoms. The third-order valence-corrected chi connectivity index (χ3v) is 2.94. The second kappa shape index (κ2) is 9.05. The van der Waals surface area contributed by atoms with Gasteiger partial charge in [0.05, 0.1) is 0 Å². The van der Waals surface area contributed by atoms with Gasteiger partial charge in [-0.05, 0) is 57.1 Å². The van der Waals surface area contributed by atoms with Crippen LogP contribution in [-0.4, -0.2) is 0 Å². The fourth-order valence-electron chi connectivity index (χ4n) is 1.75. The smallest absolute Gasteiger partial charge is 0.121 e. The highest BCUT2D eigenvalue weighted by atomic mass is 19.1. The number of rotatable bonds is 6. The first-order valence-corrected chi connectivity index (χ1v) is 6.39. The van der Waals surface area contributed by atoms with Gasteiger partial charge in [0, 0.05) is 6.42 Å². The Morgan fingerprint density at radius 1 is 1.29 bits per heavy atom. The van der Waals surface area contributed by atoms with Crippen LogP contribution in [0.2, 0.25) is 0 Å². The highest BCUT2D eigenvalue weighted by molar-refractivity contribution is 5.21. The fourth-order valence-corrected chi connectivity index (χ4v) is 1.75. The van der Waals surface area contributed by atoms with Gasteiger partial charge < -0.3 is 0 Å². The van der Waals surface area contributed by atoms with Crippen molar-refractivity contribution in [2.24, 2.45) is 11.8 Å². The van der Waals surface area contributed by atoms with Gasteiger partial charge in [-0.25, -0.2) is 4.39 Å². The lowest BCUT2D eigenvalue weighted by molar-refractivity contribution is 0.421. The zero-order valence-corrected chi connectivity index (χ0v) is 11.8. The molecule has 0 aromatic rings. The van der Waals surface area contributed by atoms with Crippen molar-refractivity contribution in [2.45, 2.75) is 53.9 Å². The van der Waals surface area contributed by atoms with Crippen LogP contribution in [-0.2, 0) is 0 Å². The van der Waals surface area contributed by atoms with E-state index < -0.39 is 0 Å². The van der Waals surface area contributed by atoms with Crippen molar-refractivity contribution in [2.75, 3.05) is 0 Å². The quantitative estimate of drug-likeness (QED) is 0.435. The molecule has 0 fully saturated rings. The zero-order chi connectivity index (χ0) is 13.3. The highest BCUT2D eigenvalue weighted by Crippen LogP contribution is 2.20. The van der Waals surface area contributed by atoms with E-state index in [2.05, 4.69) is 25.7 Å². The molecular formula is C16H25F. The average molecular weight is 236 g/mol. The summed E-state index contributed by atoms with van der Waals surface area (Å²) < 4.78 is 13.5. The molecule has 0 unspecified atom stereocenters. The monoisotopic (exact) mass is 236 g/mol. The Bertz CT molecular complexity index is 325. The van der Waals surface area contributed by atoms with E-state index in [9.17, 15) is 4.39 Å². The minimum absolute atomic E-state index is 0.0830. The summed E-state index contributed by atoms with van der Waals surface area (Å²) in [5.74, 6) is 7.04. The Balaban J connectivity index is 4.09. The minimum Gasteiger partial charge on any atom is -0.207 e. The summed E-state index contributed by atoms with van der Waals surface area (Å²) >= 11 is 0. The van der Waals surface area contributed by atoms with Gasteiger partial charge in [0.1, 0.15) is 5.83 Å². The Labute approximate surface area is 106 Å². The summed E-state index contributed by atoms with van der Waals surface area (Å²) in [5, 5.41) is 0. The molecule has 0 bridgehead atoms. The van der Waals surface area contributed by atoms with Crippen molar-refractivity contribution in [1.82, 2.24) is 0 Å². The minimum atomic E-state index is -0.0830. The third kappa shape index (κ3) is 7.80. The molecule has 0 aliphatic heterocycles. The van der Waals surface area contributed by atoms with E-state index in [1.54, 1.807) is 19.1 Å². The first-order chi connectivity index (χ1) is 8.01. The maximum Gasteiger partial charge on any atom is 0.121 e. The van der Waals surface area contributed by atoms with E-state index in [0.717, 1.165) is 24.8 Å². The number of halogens is 1. The molecule has 0 saturated heterocycles. The number of allylic oxidation sites excluding steroid dienone is 4. The zero-order valence-electron chi connectivity index (χ0n) is 11.8. The predicted molar refractivity (Wildman–Crippen MR) is 74.3 cm³/mol. The molecule has 17 heavy (non-hydrogen) atoms.